The number of pyridine rings is 1. The Bertz CT molecular complexity index is 916. The van der Waals surface area contributed by atoms with Gasteiger partial charge in [-0.05, 0) is 30.2 Å². The topological polar surface area (TPSA) is 71.1 Å². The molecule has 3 rings (SSSR count). The summed E-state index contributed by atoms with van der Waals surface area (Å²) in [5.41, 5.74) is 3.09. The third-order valence-corrected chi connectivity index (χ3v) is 3.90. The molecule has 0 saturated heterocycles. The fourth-order valence-electron chi connectivity index (χ4n) is 2.69. The largest absolute Gasteiger partial charge is 0.325 e. The highest BCUT2D eigenvalue weighted by Crippen LogP contribution is 2.21. The molecule has 0 atom stereocenters. The number of amides is 2. The Morgan fingerprint density at radius 1 is 0.880 bits per heavy atom. The van der Waals surface area contributed by atoms with Gasteiger partial charge in [0, 0.05) is 17.3 Å². The van der Waals surface area contributed by atoms with Gasteiger partial charge in [0.1, 0.15) is 6.42 Å². The summed E-state index contributed by atoms with van der Waals surface area (Å²) >= 11 is 0. The summed E-state index contributed by atoms with van der Waals surface area (Å²) in [6.07, 6.45) is 2.23. The molecule has 126 valence electrons. The van der Waals surface area contributed by atoms with Gasteiger partial charge in [0.25, 0.3) is 0 Å². The second-order valence-corrected chi connectivity index (χ2v) is 5.66. The van der Waals surface area contributed by atoms with Gasteiger partial charge in [-0.2, -0.15) is 0 Å². The maximum atomic E-state index is 12.2. The molecule has 0 fully saturated rings. The van der Waals surface area contributed by atoms with Gasteiger partial charge in [0.05, 0.1) is 11.2 Å². The number of anilines is 2. The SMILES string of the molecule is CCc1ccccc1NC(=O)CC(=O)Nc1cccc2cccnc12. The lowest BCUT2D eigenvalue weighted by atomic mass is 10.1. The zero-order valence-corrected chi connectivity index (χ0v) is 14.0. The first-order valence-electron chi connectivity index (χ1n) is 8.18. The Morgan fingerprint density at radius 3 is 2.36 bits per heavy atom. The lowest BCUT2D eigenvalue weighted by Gasteiger charge is -2.10. The third kappa shape index (κ3) is 4.01. The first-order valence-corrected chi connectivity index (χ1v) is 8.18. The molecule has 0 spiro atoms. The van der Waals surface area contributed by atoms with Crippen LogP contribution in [0.5, 0.6) is 0 Å². The normalized spacial score (nSPS) is 10.4. The summed E-state index contributed by atoms with van der Waals surface area (Å²) in [5, 5.41) is 6.50. The van der Waals surface area contributed by atoms with Crippen LogP contribution in [0.15, 0.2) is 60.8 Å². The second kappa shape index (κ2) is 7.57. The zero-order chi connectivity index (χ0) is 17.6. The molecule has 5 heteroatoms. The van der Waals surface area contributed by atoms with Gasteiger partial charge < -0.3 is 10.6 Å². The van der Waals surface area contributed by atoms with E-state index in [0.29, 0.717) is 11.2 Å². The Morgan fingerprint density at radius 2 is 1.56 bits per heavy atom. The molecule has 0 saturated carbocycles. The molecule has 1 heterocycles. The fourth-order valence-corrected chi connectivity index (χ4v) is 2.69. The number of para-hydroxylation sites is 2. The van der Waals surface area contributed by atoms with Gasteiger partial charge in [-0.3, -0.25) is 14.6 Å². The summed E-state index contributed by atoms with van der Waals surface area (Å²) in [7, 11) is 0. The van der Waals surface area contributed by atoms with E-state index < -0.39 is 0 Å². The summed E-state index contributed by atoms with van der Waals surface area (Å²) in [5.74, 6) is -0.712. The molecule has 25 heavy (non-hydrogen) atoms. The molecule has 5 nitrogen and oxygen atoms in total. The summed E-state index contributed by atoms with van der Waals surface area (Å²) in [6.45, 7) is 2.02. The van der Waals surface area contributed by atoms with Crippen LogP contribution in [0.4, 0.5) is 11.4 Å². The number of carbonyl (C=O) groups excluding carboxylic acids is 2. The third-order valence-electron chi connectivity index (χ3n) is 3.90. The molecule has 3 aromatic rings. The number of hydrogen-bond donors (Lipinski definition) is 2. The van der Waals surface area contributed by atoms with E-state index in [9.17, 15) is 9.59 Å². The van der Waals surface area contributed by atoms with Crippen molar-refractivity contribution in [1.29, 1.82) is 0 Å². The van der Waals surface area contributed by atoms with E-state index in [2.05, 4.69) is 15.6 Å². The van der Waals surface area contributed by atoms with Crippen LogP contribution in [0.25, 0.3) is 10.9 Å². The van der Waals surface area contributed by atoms with Crippen molar-refractivity contribution in [1.82, 2.24) is 4.98 Å². The average Bonchev–Trinajstić information content (AvgIpc) is 2.62. The highest BCUT2D eigenvalue weighted by molar-refractivity contribution is 6.10. The summed E-state index contributed by atoms with van der Waals surface area (Å²) < 4.78 is 0. The Kier molecular flexibility index (Phi) is 5.04. The van der Waals surface area contributed by atoms with Crippen molar-refractivity contribution in [3.8, 4) is 0 Å². The number of aryl methyl sites for hydroxylation is 1. The van der Waals surface area contributed by atoms with Crippen molar-refractivity contribution in [3.63, 3.8) is 0 Å². The minimum Gasteiger partial charge on any atom is -0.325 e. The predicted octanol–water partition coefficient (Wildman–Crippen LogP) is 3.76. The van der Waals surface area contributed by atoms with Crippen LogP contribution < -0.4 is 10.6 Å². The number of nitrogens with one attached hydrogen (secondary N) is 2. The number of hydrogen-bond acceptors (Lipinski definition) is 3. The van der Waals surface area contributed by atoms with Crippen LogP contribution in [-0.2, 0) is 16.0 Å². The fraction of sp³-hybridized carbons (Fsp3) is 0.150. The number of rotatable bonds is 5. The smallest absolute Gasteiger partial charge is 0.233 e. The minimum absolute atomic E-state index is 0.249. The van der Waals surface area contributed by atoms with Gasteiger partial charge in [0.15, 0.2) is 0 Å². The van der Waals surface area contributed by atoms with Crippen LogP contribution in [0.2, 0.25) is 0 Å². The van der Waals surface area contributed by atoms with Crippen LogP contribution in [0.1, 0.15) is 18.9 Å². The summed E-state index contributed by atoms with van der Waals surface area (Å²) in [6, 6.07) is 16.9. The molecular formula is C20H19N3O2. The first-order chi connectivity index (χ1) is 12.2. The van der Waals surface area contributed by atoms with Crippen molar-refractivity contribution in [2.75, 3.05) is 10.6 Å². The second-order valence-electron chi connectivity index (χ2n) is 5.66. The average molecular weight is 333 g/mol. The lowest BCUT2D eigenvalue weighted by molar-refractivity contribution is -0.123. The van der Waals surface area contributed by atoms with Gasteiger partial charge in [0.2, 0.25) is 11.8 Å². The molecule has 2 amide bonds. The number of fused-ring (bicyclic) bond motifs is 1. The van der Waals surface area contributed by atoms with E-state index in [1.165, 1.54) is 0 Å². The van der Waals surface area contributed by atoms with Gasteiger partial charge in [-0.1, -0.05) is 43.3 Å². The van der Waals surface area contributed by atoms with E-state index >= 15 is 0 Å². The molecule has 0 bridgehead atoms. The van der Waals surface area contributed by atoms with Gasteiger partial charge in [-0.15, -0.1) is 0 Å². The molecule has 1 aromatic heterocycles. The Labute approximate surface area is 146 Å². The summed E-state index contributed by atoms with van der Waals surface area (Å²) in [4.78, 5) is 28.7. The van der Waals surface area contributed by atoms with E-state index in [0.717, 1.165) is 23.1 Å². The van der Waals surface area contributed by atoms with Crippen molar-refractivity contribution < 1.29 is 9.59 Å². The standard InChI is InChI=1S/C20H19N3O2/c1-2-14-7-3-4-10-16(14)22-18(24)13-19(25)23-17-11-5-8-15-9-6-12-21-20(15)17/h3-12H,2,13H2,1H3,(H,22,24)(H,23,25). The van der Waals surface area contributed by atoms with Gasteiger partial charge >= 0.3 is 0 Å². The van der Waals surface area contributed by atoms with Crippen molar-refractivity contribution >= 4 is 34.1 Å². The molecule has 2 N–H and O–H groups in total. The van der Waals surface area contributed by atoms with Crippen molar-refractivity contribution in [2.24, 2.45) is 0 Å². The molecule has 0 radical (unpaired) electrons. The van der Waals surface area contributed by atoms with E-state index in [1.807, 2.05) is 55.5 Å². The maximum absolute atomic E-state index is 12.2. The molecule has 2 aromatic carbocycles. The quantitative estimate of drug-likeness (QED) is 0.698. The van der Waals surface area contributed by atoms with Crippen molar-refractivity contribution in [3.05, 3.63) is 66.4 Å². The Balaban J connectivity index is 1.67. The lowest BCUT2D eigenvalue weighted by Crippen LogP contribution is -2.22. The van der Waals surface area contributed by atoms with Crippen LogP contribution in [-0.4, -0.2) is 16.8 Å². The molecule has 0 aliphatic heterocycles. The predicted molar refractivity (Wildman–Crippen MR) is 99.4 cm³/mol. The number of carbonyl (C=O) groups is 2. The van der Waals surface area contributed by atoms with E-state index in [-0.39, 0.29) is 18.2 Å². The number of benzene rings is 2. The van der Waals surface area contributed by atoms with Crippen LogP contribution in [0, 0.1) is 0 Å². The number of aromatic nitrogens is 1. The highest BCUT2D eigenvalue weighted by atomic mass is 16.2. The number of nitrogens with zero attached hydrogens (tertiary/aromatic N) is 1. The van der Waals surface area contributed by atoms with E-state index in [1.54, 1.807) is 12.3 Å². The first kappa shape index (κ1) is 16.6. The van der Waals surface area contributed by atoms with Crippen molar-refractivity contribution in [2.45, 2.75) is 19.8 Å². The molecular weight excluding hydrogens is 314 g/mol. The maximum Gasteiger partial charge on any atom is 0.233 e. The molecule has 0 aliphatic rings. The van der Waals surface area contributed by atoms with Crippen LogP contribution in [0.3, 0.4) is 0 Å². The zero-order valence-electron chi connectivity index (χ0n) is 14.0. The molecule has 0 unspecified atom stereocenters. The van der Waals surface area contributed by atoms with Crippen LogP contribution >= 0.6 is 0 Å². The van der Waals surface area contributed by atoms with E-state index in [4.69, 9.17) is 0 Å². The molecule has 0 aliphatic carbocycles. The monoisotopic (exact) mass is 333 g/mol. The van der Waals surface area contributed by atoms with Gasteiger partial charge in [-0.25, -0.2) is 0 Å². The minimum atomic E-state index is -0.371. The highest BCUT2D eigenvalue weighted by Gasteiger charge is 2.12. The Hall–Kier alpha value is -3.21.